The number of pyridine rings is 2. The highest BCUT2D eigenvalue weighted by Gasteiger charge is 2.34. The summed E-state index contributed by atoms with van der Waals surface area (Å²) in [5, 5.41) is 9.62. The molecule has 9 nitrogen and oxygen atoms in total. The molecule has 0 spiro atoms. The number of amides is 1. The molecule has 5 rings (SSSR count). The smallest absolute Gasteiger partial charge is 0.276 e. The summed E-state index contributed by atoms with van der Waals surface area (Å²) in [4.78, 5) is 37.0. The lowest BCUT2D eigenvalue weighted by Crippen LogP contribution is -2.49. The zero-order valence-corrected chi connectivity index (χ0v) is 27.7. The van der Waals surface area contributed by atoms with E-state index >= 15 is 0 Å². The second-order valence-corrected chi connectivity index (χ2v) is 12.6. The zero-order valence-electron chi connectivity index (χ0n) is 25.5. The molecule has 0 radical (unpaired) electrons. The third-order valence-electron chi connectivity index (χ3n) is 8.37. The van der Waals surface area contributed by atoms with Crippen molar-refractivity contribution >= 4 is 68.8 Å². The summed E-state index contributed by atoms with van der Waals surface area (Å²) >= 11 is 19.2. The molecule has 2 aliphatic heterocycles. The number of hydrogen-bond acceptors (Lipinski definition) is 7. The van der Waals surface area contributed by atoms with Gasteiger partial charge in [-0.2, -0.15) is 5.26 Å². The van der Waals surface area contributed by atoms with Gasteiger partial charge >= 0.3 is 0 Å². The number of piperazine rings is 1. The van der Waals surface area contributed by atoms with E-state index in [0.29, 0.717) is 37.3 Å². The Morgan fingerprint density at radius 1 is 1.17 bits per heavy atom. The number of aromatic nitrogens is 2. The van der Waals surface area contributed by atoms with E-state index in [1.807, 2.05) is 49.9 Å². The molecule has 2 aliphatic rings. The second kappa shape index (κ2) is 12.6. The van der Waals surface area contributed by atoms with Crippen molar-refractivity contribution in [1.29, 1.82) is 5.26 Å². The molecular weight excluding hydrogens is 659 g/mol. The van der Waals surface area contributed by atoms with E-state index in [1.165, 1.54) is 16.7 Å². The van der Waals surface area contributed by atoms with Crippen LogP contribution in [0.3, 0.4) is 0 Å². The highest BCUT2D eigenvalue weighted by molar-refractivity contribution is 6.45. The Hall–Kier alpha value is -4.11. The number of hydrogen-bond donors (Lipinski definition) is 1. The minimum absolute atomic E-state index is 0.00407. The van der Waals surface area contributed by atoms with Crippen molar-refractivity contribution in [2.75, 3.05) is 43.9 Å². The molecule has 2 aromatic heterocycles. The van der Waals surface area contributed by atoms with Crippen molar-refractivity contribution in [2.45, 2.75) is 26.8 Å². The predicted octanol–water partition coefficient (Wildman–Crippen LogP) is 6.31. The van der Waals surface area contributed by atoms with Crippen LogP contribution in [0.15, 0.2) is 41.4 Å². The highest BCUT2D eigenvalue weighted by atomic mass is 35.5. The molecule has 2 N–H and O–H groups in total. The van der Waals surface area contributed by atoms with Crippen molar-refractivity contribution in [2.24, 2.45) is 5.92 Å². The average Bonchev–Trinajstić information content (AvgIpc) is 3.03. The lowest BCUT2D eigenvalue weighted by atomic mass is 9.93. The standard InChI is InChI=1S/C32H30Cl3F2N7O2/c1-6-20(45)42-9-11-43(12-10-42)30-17-13-19(33)27(21-22(34)23(35)24(36)25(37)26(21)39)40-31(17)44(32(46)18(30)14-38)29-16(4)7-8-41(5)28(29)15(2)3/h6-8,13,15,28H,1,9-12,39H2,2-5H3/t28-/m1/s1. The van der Waals surface area contributed by atoms with Gasteiger partial charge in [0.05, 0.1) is 43.9 Å². The summed E-state index contributed by atoms with van der Waals surface area (Å²) < 4.78 is 30.7. The first kappa shape index (κ1) is 33.3. The summed E-state index contributed by atoms with van der Waals surface area (Å²) in [5.41, 5.74) is 5.88. The van der Waals surface area contributed by atoms with Crippen molar-refractivity contribution in [1.82, 2.24) is 19.4 Å². The van der Waals surface area contributed by atoms with Crippen LogP contribution in [-0.2, 0) is 4.79 Å². The first-order valence-electron chi connectivity index (χ1n) is 14.3. The van der Waals surface area contributed by atoms with E-state index in [9.17, 15) is 23.6 Å². The Balaban J connectivity index is 1.91. The Kier molecular flexibility index (Phi) is 9.10. The first-order valence-corrected chi connectivity index (χ1v) is 15.5. The fourth-order valence-electron chi connectivity index (χ4n) is 6.18. The number of likely N-dealkylation sites (N-methyl/N-ethyl adjacent to an activating group) is 1. The Labute approximate surface area is 279 Å². The lowest BCUT2D eigenvalue weighted by Gasteiger charge is -2.38. The van der Waals surface area contributed by atoms with Gasteiger partial charge in [-0.15, -0.1) is 0 Å². The summed E-state index contributed by atoms with van der Waals surface area (Å²) in [7, 11) is 1.88. The average molecular weight is 689 g/mol. The molecule has 1 atom stereocenters. The van der Waals surface area contributed by atoms with Gasteiger partial charge in [-0.3, -0.25) is 14.2 Å². The van der Waals surface area contributed by atoms with Crippen LogP contribution in [0, 0.1) is 28.9 Å². The van der Waals surface area contributed by atoms with Gasteiger partial charge in [0.2, 0.25) is 5.91 Å². The number of rotatable bonds is 5. The van der Waals surface area contributed by atoms with E-state index in [2.05, 4.69) is 12.6 Å². The molecule has 3 aromatic rings. The monoisotopic (exact) mass is 687 g/mol. The number of halogens is 5. The van der Waals surface area contributed by atoms with Gasteiger partial charge < -0.3 is 20.4 Å². The molecule has 46 heavy (non-hydrogen) atoms. The van der Waals surface area contributed by atoms with Gasteiger partial charge in [0, 0.05) is 44.2 Å². The molecule has 0 bridgehead atoms. The zero-order chi connectivity index (χ0) is 33.8. The largest absolute Gasteiger partial charge is 0.396 e. The number of nitrogens with zero attached hydrogens (tertiary/aromatic N) is 6. The van der Waals surface area contributed by atoms with Gasteiger partial charge in [-0.1, -0.05) is 55.2 Å². The molecular formula is C32H30Cl3F2N7O2. The minimum atomic E-state index is -1.43. The van der Waals surface area contributed by atoms with Crippen LogP contribution in [-0.4, -0.2) is 64.5 Å². The van der Waals surface area contributed by atoms with Crippen LogP contribution in [0.1, 0.15) is 26.3 Å². The van der Waals surface area contributed by atoms with Crippen molar-refractivity contribution in [3.05, 3.63) is 79.2 Å². The van der Waals surface area contributed by atoms with Crippen LogP contribution in [0.4, 0.5) is 20.2 Å². The normalized spacial score (nSPS) is 16.9. The summed E-state index contributed by atoms with van der Waals surface area (Å²) in [5.74, 6) is -3.07. The second-order valence-electron chi connectivity index (χ2n) is 11.5. The first-order chi connectivity index (χ1) is 21.7. The number of carbonyl (C=O) groups is 1. The van der Waals surface area contributed by atoms with Crippen LogP contribution >= 0.6 is 34.8 Å². The number of nitriles is 1. The van der Waals surface area contributed by atoms with Crippen molar-refractivity contribution < 1.29 is 13.6 Å². The molecule has 1 saturated heterocycles. The maximum Gasteiger partial charge on any atom is 0.276 e. The van der Waals surface area contributed by atoms with E-state index < -0.39 is 32.9 Å². The summed E-state index contributed by atoms with van der Waals surface area (Å²) in [6.45, 7) is 10.6. The maximum atomic E-state index is 14.9. The predicted molar refractivity (Wildman–Crippen MR) is 179 cm³/mol. The molecule has 240 valence electrons. The Morgan fingerprint density at radius 2 is 1.83 bits per heavy atom. The number of fused-ring (bicyclic) bond motifs is 1. The number of nitrogen functional groups attached to an aromatic ring is 1. The molecule has 4 heterocycles. The van der Waals surface area contributed by atoms with Crippen molar-refractivity contribution in [3.8, 4) is 17.3 Å². The van der Waals surface area contributed by atoms with E-state index in [4.69, 9.17) is 45.5 Å². The van der Waals surface area contributed by atoms with Crippen LogP contribution in [0.25, 0.3) is 28.0 Å². The topological polar surface area (TPSA) is 111 Å². The fourth-order valence-corrected chi connectivity index (χ4v) is 6.88. The van der Waals surface area contributed by atoms with Crippen LogP contribution < -0.4 is 16.2 Å². The van der Waals surface area contributed by atoms with Gasteiger partial charge in [0.1, 0.15) is 17.3 Å². The van der Waals surface area contributed by atoms with E-state index in [0.717, 1.165) is 5.57 Å². The van der Waals surface area contributed by atoms with Gasteiger partial charge in [0.15, 0.2) is 11.6 Å². The number of benzene rings is 1. The van der Waals surface area contributed by atoms with Crippen molar-refractivity contribution in [3.63, 3.8) is 0 Å². The molecule has 0 unspecified atom stereocenters. The number of anilines is 2. The van der Waals surface area contributed by atoms with Gasteiger partial charge in [-0.05, 0) is 42.8 Å². The van der Waals surface area contributed by atoms with E-state index in [1.54, 1.807) is 4.90 Å². The third-order valence-corrected chi connectivity index (χ3v) is 9.48. The molecule has 0 aliphatic carbocycles. The lowest BCUT2D eigenvalue weighted by molar-refractivity contribution is -0.126. The summed E-state index contributed by atoms with van der Waals surface area (Å²) in [6, 6.07) is 3.29. The molecule has 14 heteroatoms. The van der Waals surface area contributed by atoms with E-state index in [-0.39, 0.29) is 51.0 Å². The summed E-state index contributed by atoms with van der Waals surface area (Å²) in [6.07, 6.45) is 4.99. The number of carbonyl (C=O) groups excluding carboxylic acids is 1. The SMILES string of the molecule is C=CC(=O)N1CCN(c2c(C#N)c(=O)n(C3=C(C)C=CN(C)[C@@H]3C(C)C)c3nc(-c4c(N)c(F)c(F)c(Cl)c4Cl)c(Cl)cc23)CC1. The quantitative estimate of drug-likeness (QED) is 0.145. The van der Waals surface area contributed by atoms with Crippen LogP contribution in [0.5, 0.6) is 0 Å². The fraction of sp³-hybridized carbons (Fsp3) is 0.312. The number of nitrogens with two attached hydrogens (primary N) is 1. The minimum Gasteiger partial charge on any atom is -0.396 e. The van der Waals surface area contributed by atoms with Crippen LogP contribution in [0.2, 0.25) is 15.1 Å². The van der Waals surface area contributed by atoms with Gasteiger partial charge in [0.25, 0.3) is 5.56 Å². The highest BCUT2D eigenvalue weighted by Crippen LogP contribution is 2.45. The maximum absolute atomic E-state index is 14.9. The molecule has 1 aromatic carbocycles. The Bertz CT molecular complexity index is 1950. The molecule has 1 fully saturated rings. The third kappa shape index (κ3) is 5.28. The molecule has 0 saturated carbocycles. The Morgan fingerprint density at radius 3 is 2.41 bits per heavy atom. The van der Waals surface area contributed by atoms with Gasteiger partial charge in [-0.25, -0.2) is 13.8 Å². The molecule has 1 amide bonds. The number of allylic oxidation sites excluding steroid dienone is 2.